The second-order valence-electron chi connectivity index (χ2n) is 6.29. The molecular formula is C18H22N2. The van der Waals surface area contributed by atoms with Crippen LogP contribution in [0.5, 0.6) is 0 Å². The van der Waals surface area contributed by atoms with Crippen molar-refractivity contribution >= 4 is 0 Å². The van der Waals surface area contributed by atoms with Crippen molar-refractivity contribution in [1.29, 1.82) is 0 Å². The van der Waals surface area contributed by atoms with Gasteiger partial charge in [0.1, 0.15) is 0 Å². The molecule has 0 saturated heterocycles. The monoisotopic (exact) mass is 266 g/mol. The van der Waals surface area contributed by atoms with Gasteiger partial charge in [-0.1, -0.05) is 24.3 Å². The van der Waals surface area contributed by atoms with Crippen LogP contribution in [0.4, 0.5) is 0 Å². The maximum Gasteiger partial charge on any atom is 0.0377 e. The molecule has 2 N–H and O–H groups in total. The molecule has 0 radical (unpaired) electrons. The summed E-state index contributed by atoms with van der Waals surface area (Å²) in [5, 5.41) is 0. The topological polar surface area (TPSA) is 30.9 Å². The van der Waals surface area contributed by atoms with Crippen LogP contribution in [-0.2, 0) is 19.3 Å². The molecule has 4 rings (SSSR count). The normalized spacial score (nSPS) is 25.1. The van der Waals surface area contributed by atoms with Gasteiger partial charge in [-0.2, -0.15) is 0 Å². The van der Waals surface area contributed by atoms with Crippen molar-refractivity contribution < 1.29 is 0 Å². The summed E-state index contributed by atoms with van der Waals surface area (Å²) in [5.74, 6) is 0. The average Bonchev–Trinajstić information content (AvgIpc) is 2.92. The lowest BCUT2D eigenvalue weighted by molar-refractivity contribution is 0.420. The second kappa shape index (κ2) is 4.78. The van der Waals surface area contributed by atoms with E-state index in [1.165, 1.54) is 48.9 Å². The quantitative estimate of drug-likeness (QED) is 0.840. The van der Waals surface area contributed by atoms with E-state index in [9.17, 15) is 0 Å². The molecule has 0 fully saturated rings. The largest absolute Gasteiger partial charge is 0.348 e. The zero-order valence-corrected chi connectivity index (χ0v) is 11.9. The van der Waals surface area contributed by atoms with Gasteiger partial charge in [0.2, 0.25) is 0 Å². The van der Waals surface area contributed by atoms with Crippen molar-refractivity contribution in [2.75, 3.05) is 0 Å². The maximum absolute atomic E-state index is 6.25. The summed E-state index contributed by atoms with van der Waals surface area (Å²) in [7, 11) is 0. The van der Waals surface area contributed by atoms with Crippen LogP contribution in [0.3, 0.4) is 0 Å². The molecule has 2 nitrogen and oxygen atoms in total. The predicted octanol–water partition coefficient (Wildman–Crippen LogP) is 3.55. The molecule has 2 aliphatic carbocycles. The van der Waals surface area contributed by atoms with Crippen LogP contribution in [0, 0.1) is 0 Å². The van der Waals surface area contributed by atoms with E-state index in [0.717, 1.165) is 6.42 Å². The van der Waals surface area contributed by atoms with Crippen molar-refractivity contribution in [3.8, 4) is 0 Å². The van der Waals surface area contributed by atoms with Crippen molar-refractivity contribution in [2.24, 2.45) is 5.73 Å². The number of nitrogens with zero attached hydrogens (tertiary/aromatic N) is 1. The van der Waals surface area contributed by atoms with Crippen LogP contribution in [0.25, 0.3) is 0 Å². The molecule has 2 aromatic rings. The lowest BCUT2D eigenvalue weighted by Crippen LogP contribution is -2.23. The zero-order valence-electron chi connectivity index (χ0n) is 11.9. The Morgan fingerprint density at radius 3 is 2.75 bits per heavy atom. The van der Waals surface area contributed by atoms with Gasteiger partial charge in [0.25, 0.3) is 0 Å². The fourth-order valence-corrected chi connectivity index (χ4v) is 4.01. The first-order valence-electron chi connectivity index (χ1n) is 7.85. The predicted molar refractivity (Wildman–Crippen MR) is 81.8 cm³/mol. The van der Waals surface area contributed by atoms with Crippen LogP contribution < -0.4 is 5.73 Å². The van der Waals surface area contributed by atoms with Gasteiger partial charge < -0.3 is 10.3 Å². The van der Waals surface area contributed by atoms with Crippen molar-refractivity contribution in [3.05, 3.63) is 58.9 Å². The van der Waals surface area contributed by atoms with Gasteiger partial charge >= 0.3 is 0 Å². The first-order valence-corrected chi connectivity index (χ1v) is 7.85. The third-order valence-corrected chi connectivity index (χ3v) is 5.10. The summed E-state index contributed by atoms with van der Waals surface area (Å²) in [5.41, 5.74) is 12.2. The van der Waals surface area contributed by atoms with Gasteiger partial charge in [0.15, 0.2) is 0 Å². The molecule has 20 heavy (non-hydrogen) atoms. The van der Waals surface area contributed by atoms with E-state index in [4.69, 9.17) is 5.73 Å². The van der Waals surface area contributed by atoms with E-state index in [2.05, 4.69) is 41.1 Å². The highest BCUT2D eigenvalue weighted by Gasteiger charge is 2.25. The van der Waals surface area contributed by atoms with Gasteiger partial charge in [-0.3, -0.25) is 0 Å². The summed E-state index contributed by atoms with van der Waals surface area (Å²) < 4.78 is 2.53. The van der Waals surface area contributed by atoms with Crippen molar-refractivity contribution in [2.45, 2.75) is 50.6 Å². The Morgan fingerprint density at radius 1 is 1.00 bits per heavy atom. The number of rotatable bonds is 1. The SMILES string of the molecule is NC1CCCc2c1ccn2C1CCc2ccccc2C1. The number of benzene rings is 1. The van der Waals surface area contributed by atoms with E-state index in [1.54, 1.807) is 5.56 Å². The minimum absolute atomic E-state index is 0.260. The molecule has 104 valence electrons. The number of hydrogen-bond acceptors (Lipinski definition) is 1. The van der Waals surface area contributed by atoms with Crippen LogP contribution in [-0.4, -0.2) is 4.57 Å². The smallest absolute Gasteiger partial charge is 0.0377 e. The Balaban J connectivity index is 1.67. The molecule has 2 atom stereocenters. The number of hydrogen-bond donors (Lipinski definition) is 1. The summed E-state index contributed by atoms with van der Waals surface area (Å²) in [4.78, 5) is 0. The van der Waals surface area contributed by atoms with Gasteiger partial charge in [0.05, 0.1) is 0 Å². The molecular weight excluding hydrogens is 244 g/mol. The molecule has 2 unspecified atom stereocenters. The lowest BCUT2D eigenvalue weighted by Gasteiger charge is -2.29. The number of aromatic nitrogens is 1. The minimum atomic E-state index is 0.260. The Bertz CT molecular complexity index is 626. The van der Waals surface area contributed by atoms with E-state index in [0.29, 0.717) is 6.04 Å². The van der Waals surface area contributed by atoms with E-state index >= 15 is 0 Å². The standard InChI is InChI=1S/C18H22N2/c19-17-6-3-7-18-16(17)10-11-20(18)15-9-8-13-4-1-2-5-14(13)12-15/h1-2,4-5,10-11,15,17H,3,6-9,12,19H2. The Labute approximate surface area is 120 Å². The molecule has 1 aromatic carbocycles. The van der Waals surface area contributed by atoms with Gasteiger partial charge in [-0.05, 0) is 61.3 Å². The van der Waals surface area contributed by atoms with Gasteiger partial charge in [-0.25, -0.2) is 0 Å². The highest BCUT2D eigenvalue weighted by Crippen LogP contribution is 2.35. The van der Waals surface area contributed by atoms with Gasteiger partial charge in [0, 0.05) is 24.0 Å². The summed E-state index contributed by atoms with van der Waals surface area (Å²) in [6, 6.07) is 12.1. The van der Waals surface area contributed by atoms with E-state index < -0.39 is 0 Å². The first-order chi connectivity index (χ1) is 9.83. The van der Waals surface area contributed by atoms with Crippen LogP contribution in [0.15, 0.2) is 36.5 Å². The summed E-state index contributed by atoms with van der Waals surface area (Å²) in [6.07, 6.45) is 9.51. The first kappa shape index (κ1) is 12.2. The molecule has 2 aliphatic rings. The van der Waals surface area contributed by atoms with Crippen LogP contribution in [0.2, 0.25) is 0 Å². The maximum atomic E-state index is 6.25. The third kappa shape index (κ3) is 1.90. The fourth-order valence-electron chi connectivity index (χ4n) is 4.01. The summed E-state index contributed by atoms with van der Waals surface area (Å²) >= 11 is 0. The Hall–Kier alpha value is -1.54. The molecule has 0 amide bonds. The molecule has 1 heterocycles. The zero-order chi connectivity index (χ0) is 13.5. The number of aryl methyl sites for hydroxylation is 1. The average molecular weight is 266 g/mol. The molecule has 0 bridgehead atoms. The molecule has 0 spiro atoms. The summed E-state index contributed by atoms with van der Waals surface area (Å²) in [6.45, 7) is 0. The van der Waals surface area contributed by atoms with E-state index in [1.807, 2.05) is 0 Å². The third-order valence-electron chi connectivity index (χ3n) is 5.10. The Morgan fingerprint density at radius 2 is 1.85 bits per heavy atom. The molecule has 0 saturated carbocycles. The highest BCUT2D eigenvalue weighted by atomic mass is 15.0. The number of fused-ring (bicyclic) bond motifs is 2. The minimum Gasteiger partial charge on any atom is -0.348 e. The molecule has 0 aliphatic heterocycles. The molecule has 2 heteroatoms. The van der Waals surface area contributed by atoms with Crippen LogP contribution >= 0.6 is 0 Å². The molecule has 1 aromatic heterocycles. The number of nitrogens with two attached hydrogens (primary N) is 1. The van der Waals surface area contributed by atoms with Gasteiger partial charge in [-0.15, -0.1) is 0 Å². The van der Waals surface area contributed by atoms with Crippen molar-refractivity contribution in [3.63, 3.8) is 0 Å². The lowest BCUT2D eigenvalue weighted by atomic mass is 9.87. The van der Waals surface area contributed by atoms with E-state index in [-0.39, 0.29) is 6.04 Å². The fraction of sp³-hybridized carbons (Fsp3) is 0.444. The Kier molecular flexibility index (Phi) is 2.92. The highest BCUT2D eigenvalue weighted by molar-refractivity contribution is 5.33. The second-order valence-corrected chi connectivity index (χ2v) is 6.29. The van der Waals surface area contributed by atoms with Crippen LogP contribution in [0.1, 0.15) is 53.7 Å². The van der Waals surface area contributed by atoms with Crippen molar-refractivity contribution in [1.82, 2.24) is 4.57 Å².